The van der Waals surface area contributed by atoms with Crippen LogP contribution < -0.4 is 4.72 Å². The van der Waals surface area contributed by atoms with Crippen molar-refractivity contribution in [3.63, 3.8) is 0 Å². The summed E-state index contributed by atoms with van der Waals surface area (Å²) < 4.78 is 26.9. The van der Waals surface area contributed by atoms with E-state index in [0.717, 1.165) is 4.47 Å². The number of hydrogen-bond donors (Lipinski definition) is 2. The molecule has 0 saturated heterocycles. The van der Waals surface area contributed by atoms with Gasteiger partial charge in [-0.3, -0.25) is 0 Å². The molecule has 6 heteroatoms. The minimum Gasteiger partial charge on any atom is -0.395 e. The Morgan fingerprint density at radius 2 is 1.94 bits per heavy atom. The van der Waals surface area contributed by atoms with Gasteiger partial charge >= 0.3 is 0 Å². The third-order valence-electron chi connectivity index (χ3n) is 2.16. The van der Waals surface area contributed by atoms with E-state index in [4.69, 9.17) is 5.11 Å². The molecule has 1 atom stereocenters. The fourth-order valence-corrected chi connectivity index (χ4v) is 2.73. The van der Waals surface area contributed by atoms with Crippen molar-refractivity contribution in [2.75, 3.05) is 6.61 Å². The predicted octanol–water partition coefficient (Wildman–Crippen LogP) is 1.50. The summed E-state index contributed by atoms with van der Waals surface area (Å²) in [7, 11) is -3.53. The summed E-state index contributed by atoms with van der Waals surface area (Å²) in [5.41, 5.74) is 0. The lowest BCUT2D eigenvalue weighted by atomic mass is 10.3. The molecule has 0 aliphatic carbocycles. The van der Waals surface area contributed by atoms with Crippen LogP contribution in [0.3, 0.4) is 0 Å². The van der Waals surface area contributed by atoms with Crippen molar-refractivity contribution in [2.24, 2.45) is 0 Å². The summed E-state index contributed by atoms with van der Waals surface area (Å²) in [5.74, 6) is 0. The van der Waals surface area contributed by atoms with Gasteiger partial charge in [-0.05, 0) is 30.7 Å². The number of hydrogen-bond acceptors (Lipinski definition) is 3. The van der Waals surface area contributed by atoms with Crippen LogP contribution in [0.4, 0.5) is 0 Å². The van der Waals surface area contributed by atoms with Crippen molar-refractivity contribution in [1.29, 1.82) is 0 Å². The van der Waals surface area contributed by atoms with Crippen LogP contribution in [0, 0.1) is 0 Å². The van der Waals surface area contributed by atoms with Crippen LogP contribution in [0.5, 0.6) is 0 Å². The molecule has 0 aliphatic rings. The molecule has 0 unspecified atom stereocenters. The lowest BCUT2D eigenvalue weighted by Crippen LogP contribution is -2.36. The zero-order chi connectivity index (χ0) is 12.2. The third-order valence-corrected chi connectivity index (χ3v) is 4.22. The highest BCUT2D eigenvalue weighted by molar-refractivity contribution is 9.10. The first-order valence-corrected chi connectivity index (χ1v) is 7.16. The largest absolute Gasteiger partial charge is 0.395 e. The SMILES string of the molecule is CC[C@@H](CO)NS(=O)(=O)c1ccc(Br)cc1. The molecule has 0 spiro atoms. The molecule has 0 saturated carbocycles. The quantitative estimate of drug-likeness (QED) is 0.866. The van der Waals surface area contributed by atoms with Crippen molar-refractivity contribution in [2.45, 2.75) is 24.3 Å². The standard InChI is InChI=1S/C10H14BrNO3S/c1-2-9(7-13)12-16(14,15)10-5-3-8(11)4-6-10/h3-6,9,12-13H,2,7H2,1H3/t9-/m0/s1. The second-order valence-electron chi connectivity index (χ2n) is 3.36. The minimum atomic E-state index is -3.53. The monoisotopic (exact) mass is 307 g/mol. The van der Waals surface area contributed by atoms with E-state index in [2.05, 4.69) is 20.7 Å². The van der Waals surface area contributed by atoms with E-state index in [1.165, 1.54) is 12.1 Å². The lowest BCUT2D eigenvalue weighted by Gasteiger charge is -2.14. The van der Waals surface area contributed by atoms with Crippen LogP contribution in [0.15, 0.2) is 33.6 Å². The minimum absolute atomic E-state index is 0.197. The Labute approximate surface area is 104 Å². The molecule has 0 aromatic heterocycles. The summed E-state index contributed by atoms with van der Waals surface area (Å²) in [6, 6.07) is 5.91. The second kappa shape index (κ2) is 5.77. The summed E-state index contributed by atoms with van der Waals surface area (Å²) in [6.07, 6.45) is 0.548. The average Bonchev–Trinajstić information content (AvgIpc) is 2.26. The van der Waals surface area contributed by atoms with E-state index in [-0.39, 0.29) is 11.5 Å². The van der Waals surface area contributed by atoms with E-state index < -0.39 is 16.1 Å². The Kier molecular flexibility index (Phi) is 4.91. The summed E-state index contributed by atoms with van der Waals surface area (Å²) >= 11 is 3.24. The highest BCUT2D eigenvalue weighted by atomic mass is 79.9. The van der Waals surface area contributed by atoms with Crippen molar-refractivity contribution < 1.29 is 13.5 Å². The number of rotatable bonds is 5. The maximum atomic E-state index is 11.8. The van der Waals surface area contributed by atoms with Gasteiger partial charge in [0.2, 0.25) is 10.0 Å². The molecule has 90 valence electrons. The molecule has 0 amide bonds. The molecule has 0 heterocycles. The summed E-state index contributed by atoms with van der Waals surface area (Å²) in [5, 5.41) is 8.95. The molecule has 1 rings (SSSR count). The van der Waals surface area contributed by atoms with E-state index in [1.54, 1.807) is 12.1 Å². The maximum absolute atomic E-state index is 11.8. The van der Waals surface area contributed by atoms with E-state index in [1.807, 2.05) is 6.92 Å². The molecule has 4 nitrogen and oxygen atoms in total. The van der Waals surface area contributed by atoms with E-state index in [0.29, 0.717) is 6.42 Å². The van der Waals surface area contributed by atoms with Crippen LogP contribution in [-0.2, 0) is 10.0 Å². The van der Waals surface area contributed by atoms with Gasteiger partial charge in [0.05, 0.1) is 11.5 Å². The molecule has 0 aliphatic heterocycles. The molecule has 0 bridgehead atoms. The number of benzene rings is 1. The first-order chi connectivity index (χ1) is 7.49. The fraction of sp³-hybridized carbons (Fsp3) is 0.400. The Balaban J connectivity index is 2.89. The predicted molar refractivity (Wildman–Crippen MR) is 65.6 cm³/mol. The highest BCUT2D eigenvalue weighted by Gasteiger charge is 2.17. The normalized spacial score (nSPS) is 13.7. The number of aliphatic hydroxyl groups excluding tert-OH is 1. The summed E-state index contributed by atoms with van der Waals surface area (Å²) in [4.78, 5) is 0.197. The highest BCUT2D eigenvalue weighted by Crippen LogP contribution is 2.15. The average molecular weight is 308 g/mol. The van der Waals surface area contributed by atoms with Gasteiger partial charge in [-0.15, -0.1) is 0 Å². The Morgan fingerprint density at radius 1 is 1.38 bits per heavy atom. The first-order valence-electron chi connectivity index (χ1n) is 4.88. The van der Waals surface area contributed by atoms with Gasteiger partial charge in [-0.2, -0.15) is 0 Å². The number of halogens is 1. The summed E-state index contributed by atoms with van der Waals surface area (Å²) in [6.45, 7) is 1.61. The molecular weight excluding hydrogens is 294 g/mol. The lowest BCUT2D eigenvalue weighted by molar-refractivity contribution is 0.254. The van der Waals surface area contributed by atoms with Gasteiger partial charge in [0.1, 0.15) is 0 Å². The molecular formula is C10H14BrNO3S. The van der Waals surface area contributed by atoms with Gasteiger partial charge in [0.25, 0.3) is 0 Å². The maximum Gasteiger partial charge on any atom is 0.240 e. The van der Waals surface area contributed by atoms with Crippen molar-refractivity contribution in [3.8, 4) is 0 Å². The molecule has 16 heavy (non-hydrogen) atoms. The fourth-order valence-electron chi connectivity index (χ4n) is 1.15. The number of aliphatic hydroxyl groups is 1. The van der Waals surface area contributed by atoms with Crippen molar-refractivity contribution >= 4 is 26.0 Å². The van der Waals surface area contributed by atoms with Gasteiger partial charge in [0.15, 0.2) is 0 Å². The zero-order valence-electron chi connectivity index (χ0n) is 8.85. The molecule has 0 radical (unpaired) electrons. The van der Waals surface area contributed by atoms with E-state index >= 15 is 0 Å². The van der Waals surface area contributed by atoms with Crippen molar-refractivity contribution in [3.05, 3.63) is 28.7 Å². The molecule has 0 fully saturated rings. The van der Waals surface area contributed by atoms with E-state index in [9.17, 15) is 8.42 Å². The number of nitrogens with one attached hydrogen (secondary N) is 1. The Hall–Kier alpha value is -0.430. The smallest absolute Gasteiger partial charge is 0.240 e. The molecule has 1 aromatic rings. The van der Waals surface area contributed by atoms with Crippen LogP contribution >= 0.6 is 15.9 Å². The van der Waals surface area contributed by atoms with Gasteiger partial charge in [0, 0.05) is 10.5 Å². The van der Waals surface area contributed by atoms with Gasteiger partial charge in [-0.1, -0.05) is 22.9 Å². The van der Waals surface area contributed by atoms with Crippen LogP contribution in [0.25, 0.3) is 0 Å². The topological polar surface area (TPSA) is 66.4 Å². The Morgan fingerprint density at radius 3 is 2.38 bits per heavy atom. The third kappa shape index (κ3) is 3.55. The number of sulfonamides is 1. The Bertz CT molecular complexity index is 426. The zero-order valence-corrected chi connectivity index (χ0v) is 11.3. The van der Waals surface area contributed by atoms with Gasteiger partial charge in [-0.25, -0.2) is 13.1 Å². The van der Waals surface area contributed by atoms with Crippen LogP contribution in [0.2, 0.25) is 0 Å². The second-order valence-corrected chi connectivity index (χ2v) is 5.99. The first kappa shape index (κ1) is 13.6. The molecule has 1 aromatic carbocycles. The van der Waals surface area contributed by atoms with Crippen molar-refractivity contribution in [1.82, 2.24) is 4.72 Å². The van der Waals surface area contributed by atoms with Crippen LogP contribution in [0.1, 0.15) is 13.3 Å². The van der Waals surface area contributed by atoms with Gasteiger partial charge < -0.3 is 5.11 Å². The van der Waals surface area contributed by atoms with Crippen LogP contribution in [-0.4, -0.2) is 26.2 Å². The molecule has 2 N–H and O–H groups in total.